The Kier molecular flexibility index (Phi) is 5.74. The first kappa shape index (κ1) is 18.2. The summed E-state index contributed by atoms with van der Waals surface area (Å²) in [7, 11) is 0. The Morgan fingerprint density at radius 1 is 1.15 bits per heavy atom. The largest absolute Gasteiger partial charge is 0.369 e. The Labute approximate surface area is 153 Å². The highest BCUT2D eigenvalue weighted by molar-refractivity contribution is 5.99. The number of likely N-dealkylation sites (tertiary alicyclic amines) is 1. The van der Waals surface area contributed by atoms with Crippen molar-refractivity contribution in [1.29, 1.82) is 0 Å². The van der Waals surface area contributed by atoms with Crippen molar-refractivity contribution < 1.29 is 9.72 Å². The summed E-state index contributed by atoms with van der Waals surface area (Å²) in [6.07, 6.45) is 7.98. The van der Waals surface area contributed by atoms with E-state index in [9.17, 15) is 14.9 Å². The van der Waals surface area contributed by atoms with E-state index in [0.717, 1.165) is 57.7 Å². The van der Waals surface area contributed by atoms with Crippen LogP contribution in [0, 0.1) is 22.5 Å². The molecule has 2 fully saturated rings. The maximum absolute atomic E-state index is 12.8. The van der Waals surface area contributed by atoms with E-state index in [-0.39, 0.29) is 17.2 Å². The van der Waals surface area contributed by atoms with Gasteiger partial charge in [0.05, 0.1) is 4.92 Å². The van der Waals surface area contributed by atoms with E-state index in [4.69, 9.17) is 6.42 Å². The fourth-order valence-electron chi connectivity index (χ4n) is 3.59. The van der Waals surface area contributed by atoms with Gasteiger partial charge in [-0.15, -0.1) is 12.3 Å². The van der Waals surface area contributed by atoms with Gasteiger partial charge in [0.25, 0.3) is 11.6 Å². The minimum absolute atomic E-state index is 0.113. The van der Waals surface area contributed by atoms with Crippen LogP contribution in [0.4, 0.5) is 11.4 Å². The second kappa shape index (κ2) is 8.19. The number of benzene rings is 1. The van der Waals surface area contributed by atoms with E-state index >= 15 is 0 Å². The standard InChI is InChI=1S/C19H24N4O3/c1-2-3-8-20-11-13-21(14-12-20)16-6-7-18(23(25)26)17(15-16)19(24)22-9-4-5-10-22/h1,6-7,15H,3-5,8-14H2. The van der Waals surface area contributed by atoms with Crippen LogP contribution < -0.4 is 4.90 Å². The number of carbonyl (C=O) groups is 1. The molecule has 26 heavy (non-hydrogen) atoms. The zero-order valence-corrected chi connectivity index (χ0v) is 14.9. The van der Waals surface area contributed by atoms with Crippen molar-refractivity contribution in [2.24, 2.45) is 0 Å². The van der Waals surface area contributed by atoms with Crippen LogP contribution in [0.5, 0.6) is 0 Å². The first-order valence-corrected chi connectivity index (χ1v) is 9.08. The minimum atomic E-state index is -0.467. The molecule has 2 heterocycles. The number of hydrogen-bond acceptors (Lipinski definition) is 5. The molecule has 1 aromatic rings. The lowest BCUT2D eigenvalue weighted by atomic mass is 10.1. The summed E-state index contributed by atoms with van der Waals surface area (Å²) in [5, 5.41) is 11.4. The van der Waals surface area contributed by atoms with Gasteiger partial charge in [0.1, 0.15) is 5.56 Å². The van der Waals surface area contributed by atoms with Crippen LogP contribution in [0.25, 0.3) is 0 Å². The molecule has 0 N–H and O–H groups in total. The fraction of sp³-hybridized carbons (Fsp3) is 0.526. The van der Waals surface area contributed by atoms with Crippen LogP contribution in [-0.4, -0.2) is 66.4 Å². The normalized spacial score (nSPS) is 18.0. The molecule has 0 aliphatic carbocycles. The lowest BCUT2D eigenvalue weighted by Crippen LogP contribution is -2.46. The molecule has 7 nitrogen and oxygen atoms in total. The second-order valence-electron chi connectivity index (χ2n) is 6.74. The number of rotatable bonds is 5. The predicted molar refractivity (Wildman–Crippen MR) is 100 cm³/mol. The first-order valence-electron chi connectivity index (χ1n) is 9.08. The van der Waals surface area contributed by atoms with E-state index in [2.05, 4.69) is 15.7 Å². The minimum Gasteiger partial charge on any atom is -0.369 e. The van der Waals surface area contributed by atoms with Gasteiger partial charge in [0.2, 0.25) is 0 Å². The van der Waals surface area contributed by atoms with E-state index in [1.807, 2.05) is 0 Å². The molecular weight excluding hydrogens is 332 g/mol. The number of piperazine rings is 1. The average Bonchev–Trinajstić information content (AvgIpc) is 3.20. The Morgan fingerprint density at radius 3 is 2.46 bits per heavy atom. The summed E-state index contributed by atoms with van der Waals surface area (Å²) in [5.74, 6) is 2.43. The molecule has 0 saturated carbocycles. The topological polar surface area (TPSA) is 69.9 Å². The number of terminal acetylenes is 1. The summed E-state index contributed by atoms with van der Waals surface area (Å²) < 4.78 is 0. The molecular formula is C19H24N4O3. The van der Waals surface area contributed by atoms with Gasteiger partial charge < -0.3 is 9.80 Å². The van der Waals surface area contributed by atoms with Crippen LogP contribution in [0.1, 0.15) is 29.6 Å². The number of amides is 1. The Morgan fingerprint density at radius 2 is 1.85 bits per heavy atom. The van der Waals surface area contributed by atoms with Gasteiger partial charge in [0, 0.05) is 64.0 Å². The first-order chi connectivity index (χ1) is 12.6. The number of carbonyl (C=O) groups excluding carboxylic acids is 1. The lowest BCUT2D eigenvalue weighted by molar-refractivity contribution is -0.385. The van der Waals surface area contributed by atoms with Gasteiger partial charge in [-0.2, -0.15) is 0 Å². The highest BCUT2D eigenvalue weighted by atomic mass is 16.6. The zero-order valence-electron chi connectivity index (χ0n) is 14.9. The molecule has 138 valence electrons. The van der Waals surface area contributed by atoms with Crippen LogP contribution >= 0.6 is 0 Å². The van der Waals surface area contributed by atoms with Crippen LogP contribution in [-0.2, 0) is 0 Å². The fourth-order valence-corrected chi connectivity index (χ4v) is 3.59. The van der Waals surface area contributed by atoms with E-state index in [0.29, 0.717) is 13.1 Å². The van der Waals surface area contributed by atoms with Crippen LogP contribution in [0.2, 0.25) is 0 Å². The lowest BCUT2D eigenvalue weighted by Gasteiger charge is -2.36. The van der Waals surface area contributed by atoms with Gasteiger partial charge in [-0.3, -0.25) is 19.8 Å². The van der Waals surface area contributed by atoms with Crippen LogP contribution in [0.3, 0.4) is 0 Å². The van der Waals surface area contributed by atoms with E-state index < -0.39 is 4.92 Å². The molecule has 0 spiro atoms. The molecule has 1 amide bonds. The number of nitro groups is 1. The molecule has 2 saturated heterocycles. The molecule has 2 aliphatic rings. The van der Waals surface area contributed by atoms with Gasteiger partial charge >= 0.3 is 0 Å². The summed E-state index contributed by atoms with van der Waals surface area (Å²) in [6.45, 7) is 5.67. The molecule has 0 atom stereocenters. The molecule has 2 aliphatic heterocycles. The number of nitrogens with zero attached hydrogens (tertiary/aromatic N) is 4. The van der Waals surface area contributed by atoms with E-state index in [1.165, 1.54) is 6.07 Å². The molecule has 3 rings (SSSR count). The van der Waals surface area contributed by atoms with Gasteiger partial charge in [-0.25, -0.2) is 0 Å². The summed E-state index contributed by atoms with van der Waals surface area (Å²) >= 11 is 0. The third-order valence-electron chi connectivity index (χ3n) is 5.11. The molecule has 0 aromatic heterocycles. The molecule has 1 aromatic carbocycles. The third kappa shape index (κ3) is 3.97. The monoisotopic (exact) mass is 356 g/mol. The van der Waals surface area contributed by atoms with Crippen molar-refractivity contribution in [3.05, 3.63) is 33.9 Å². The van der Waals surface area contributed by atoms with Crippen molar-refractivity contribution in [1.82, 2.24) is 9.80 Å². The maximum Gasteiger partial charge on any atom is 0.282 e. The van der Waals surface area contributed by atoms with E-state index in [1.54, 1.807) is 17.0 Å². The number of hydrogen-bond donors (Lipinski definition) is 0. The quantitative estimate of drug-likeness (QED) is 0.458. The Hall–Kier alpha value is -2.59. The van der Waals surface area contributed by atoms with Crippen molar-refractivity contribution >= 4 is 17.3 Å². The van der Waals surface area contributed by atoms with Gasteiger partial charge in [-0.1, -0.05) is 0 Å². The zero-order chi connectivity index (χ0) is 18.5. The van der Waals surface area contributed by atoms with Gasteiger partial charge in [0.15, 0.2) is 0 Å². The highest BCUT2D eigenvalue weighted by Gasteiger charge is 2.28. The predicted octanol–water partition coefficient (Wildman–Crippen LogP) is 1.98. The smallest absolute Gasteiger partial charge is 0.282 e. The molecule has 0 radical (unpaired) electrons. The molecule has 7 heteroatoms. The third-order valence-corrected chi connectivity index (χ3v) is 5.11. The molecule has 0 bridgehead atoms. The second-order valence-corrected chi connectivity index (χ2v) is 6.74. The number of anilines is 1. The SMILES string of the molecule is C#CCCN1CCN(c2ccc([N+](=O)[O-])c(C(=O)N3CCCC3)c2)CC1. The number of nitro benzene ring substituents is 1. The Balaban J connectivity index is 1.77. The van der Waals surface area contributed by atoms with Crippen molar-refractivity contribution in [3.8, 4) is 12.3 Å². The summed E-state index contributed by atoms with van der Waals surface area (Å²) in [5.41, 5.74) is 0.956. The summed E-state index contributed by atoms with van der Waals surface area (Å²) in [4.78, 5) is 29.9. The van der Waals surface area contributed by atoms with Crippen molar-refractivity contribution in [2.75, 3.05) is 50.7 Å². The van der Waals surface area contributed by atoms with Crippen LogP contribution in [0.15, 0.2) is 18.2 Å². The van der Waals surface area contributed by atoms with Crippen molar-refractivity contribution in [3.63, 3.8) is 0 Å². The summed E-state index contributed by atoms with van der Waals surface area (Å²) in [6, 6.07) is 4.90. The average molecular weight is 356 g/mol. The Bertz CT molecular complexity index is 714. The van der Waals surface area contributed by atoms with Crippen molar-refractivity contribution in [2.45, 2.75) is 19.3 Å². The highest BCUT2D eigenvalue weighted by Crippen LogP contribution is 2.28. The molecule has 0 unspecified atom stereocenters. The van der Waals surface area contributed by atoms with Gasteiger partial charge in [-0.05, 0) is 25.0 Å². The maximum atomic E-state index is 12.8.